The topological polar surface area (TPSA) is 41.3 Å². The molecule has 1 N–H and O–H groups in total. The fraction of sp³-hybridized carbons (Fsp3) is 0.533. The number of rotatable bonds is 4. The number of benzene rings is 1. The predicted molar refractivity (Wildman–Crippen MR) is 76.1 cm³/mol. The third-order valence-electron chi connectivity index (χ3n) is 3.71. The van der Waals surface area contributed by atoms with Crippen molar-refractivity contribution >= 4 is 11.1 Å². The van der Waals surface area contributed by atoms with E-state index in [1.807, 2.05) is 13.0 Å². The Morgan fingerprint density at radius 3 is 3.16 bits per heavy atom. The fourth-order valence-corrected chi connectivity index (χ4v) is 2.85. The van der Waals surface area contributed by atoms with Crippen molar-refractivity contribution in [3.63, 3.8) is 0 Å². The van der Waals surface area contributed by atoms with Crippen molar-refractivity contribution in [1.29, 1.82) is 0 Å². The van der Waals surface area contributed by atoms with Crippen LogP contribution in [0.15, 0.2) is 22.6 Å². The predicted octanol–water partition coefficient (Wildman–Crippen LogP) is 2.32. The van der Waals surface area contributed by atoms with E-state index in [1.165, 1.54) is 24.9 Å². The van der Waals surface area contributed by atoms with Gasteiger partial charge < -0.3 is 14.6 Å². The first kappa shape index (κ1) is 12.6. The van der Waals surface area contributed by atoms with Crippen LogP contribution >= 0.6 is 0 Å². The second-order valence-corrected chi connectivity index (χ2v) is 5.52. The van der Waals surface area contributed by atoms with Crippen LogP contribution in [0.3, 0.4) is 0 Å². The molecule has 0 saturated carbocycles. The quantitative estimate of drug-likeness (QED) is 0.915. The fourth-order valence-electron chi connectivity index (χ4n) is 2.85. The monoisotopic (exact) mass is 259 g/mol. The first-order valence-corrected chi connectivity index (χ1v) is 6.99. The van der Waals surface area contributed by atoms with Crippen molar-refractivity contribution in [3.8, 4) is 0 Å². The van der Waals surface area contributed by atoms with E-state index in [9.17, 15) is 0 Å². The minimum atomic E-state index is 0.654. The maximum absolute atomic E-state index is 5.58. The number of nitrogens with zero attached hydrogens (tertiary/aromatic N) is 2. The summed E-state index contributed by atoms with van der Waals surface area (Å²) in [5, 5.41) is 3.54. The molecule has 2 aromatic rings. The van der Waals surface area contributed by atoms with Crippen LogP contribution in [0, 0.1) is 6.92 Å². The average molecular weight is 259 g/mol. The second-order valence-electron chi connectivity index (χ2n) is 5.52. The summed E-state index contributed by atoms with van der Waals surface area (Å²) in [6, 6.07) is 6.95. The van der Waals surface area contributed by atoms with Crippen LogP contribution in [0.5, 0.6) is 0 Å². The summed E-state index contributed by atoms with van der Waals surface area (Å²) < 4.78 is 5.58. The van der Waals surface area contributed by atoms with E-state index in [0.717, 1.165) is 30.1 Å². The standard InChI is InChI=1S/C15H21N3O/c1-11-17-14-6-5-12(8-15(14)19-11)9-18(2)10-13-4-3-7-16-13/h5-6,8,13,16H,3-4,7,9-10H2,1-2H3. The zero-order valence-electron chi connectivity index (χ0n) is 11.6. The van der Waals surface area contributed by atoms with E-state index in [1.54, 1.807) is 0 Å². The first-order valence-electron chi connectivity index (χ1n) is 6.99. The SMILES string of the molecule is Cc1nc2ccc(CN(C)CC3CCCN3)cc2o1. The van der Waals surface area contributed by atoms with Crippen molar-refractivity contribution in [1.82, 2.24) is 15.2 Å². The number of fused-ring (bicyclic) bond motifs is 1. The lowest BCUT2D eigenvalue weighted by atomic mass is 10.1. The summed E-state index contributed by atoms with van der Waals surface area (Å²) in [4.78, 5) is 6.69. The van der Waals surface area contributed by atoms with Gasteiger partial charge in [-0.3, -0.25) is 0 Å². The molecule has 2 heterocycles. The maximum atomic E-state index is 5.58. The normalized spacial score (nSPS) is 19.6. The summed E-state index contributed by atoms with van der Waals surface area (Å²) in [6.07, 6.45) is 2.60. The van der Waals surface area contributed by atoms with Gasteiger partial charge in [0.25, 0.3) is 0 Å². The Morgan fingerprint density at radius 2 is 2.37 bits per heavy atom. The van der Waals surface area contributed by atoms with Gasteiger partial charge in [-0.25, -0.2) is 4.98 Å². The lowest BCUT2D eigenvalue weighted by Crippen LogP contribution is -2.34. The number of aromatic nitrogens is 1. The van der Waals surface area contributed by atoms with E-state index in [-0.39, 0.29) is 0 Å². The van der Waals surface area contributed by atoms with Crippen molar-refractivity contribution < 1.29 is 4.42 Å². The van der Waals surface area contributed by atoms with Crippen LogP contribution in [0.4, 0.5) is 0 Å². The molecular weight excluding hydrogens is 238 g/mol. The molecule has 1 saturated heterocycles. The van der Waals surface area contributed by atoms with Gasteiger partial charge >= 0.3 is 0 Å². The molecule has 1 aliphatic heterocycles. The number of hydrogen-bond acceptors (Lipinski definition) is 4. The summed E-state index contributed by atoms with van der Waals surface area (Å²) in [5.41, 5.74) is 3.12. The first-order chi connectivity index (χ1) is 9.20. The van der Waals surface area contributed by atoms with Crippen LogP contribution in [-0.4, -0.2) is 36.1 Å². The largest absolute Gasteiger partial charge is 0.441 e. The van der Waals surface area contributed by atoms with Gasteiger partial charge in [-0.2, -0.15) is 0 Å². The molecule has 4 heteroatoms. The van der Waals surface area contributed by atoms with Gasteiger partial charge in [-0.05, 0) is 44.1 Å². The second kappa shape index (κ2) is 5.31. The Morgan fingerprint density at radius 1 is 1.47 bits per heavy atom. The maximum Gasteiger partial charge on any atom is 0.192 e. The van der Waals surface area contributed by atoms with Crippen LogP contribution in [0.25, 0.3) is 11.1 Å². The Bertz CT molecular complexity index is 558. The molecule has 1 fully saturated rings. The van der Waals surface area contributed by atoms with E-state index < -0.39 is 0 Å². The lowest BCUT2D eigenvalue weighted by molar-refractivity contribution is 0.293. The average Bonchev–Trinajstić information content (AvgIpc) is 2.96. The third kappa shape index (κ3) is 2.96. The lowest BCUT2D eigenvalue weighted by Gasteiger charge is -2.21. The van der Waals surface area contributed by atoms with Gasteiger partial charge in [0.2, 0.25) is 0 Å². The number of hydrogen-bond donors (Lipinski definition) is 1. The van der Waals surface area contributed by atoms with Gasteiger partial charge in [-0.1, -0.05) is 6.07 Å². The Balaban J connectivity index is 1.66. The molecule has 1 unspecified atom stereocenters. The molecule has 102 valence electrons. The zero-order valence-corrected chi connectivity index (χ0v) is 11.6. The highest BCUT2D eigenvalue weighted by Crippen LogP contribution is 2.18. The molecular formula is C15H21N3O. The van der Waals surface area contributed by atoms with Crippen molar-refractivity contribution in [3.05, 3.63) is 29.7 Å². The van der Waals surface area contributed by atoms with Crippen molar-refractivity contribution in [2.45, 2.75) is 32.4 Å². The number of likely N-dealkylation sites (N-methyl/N-ethyl adjacent to an activating group) is 1. The Labute approximate surface area is 113 Å². The van der Waals surface area contributed by atoms with Gasteiger partial charge in [-0.15, -0.1) is 0 Å². The molecule has 4 nitrogen and oxygen atoms in total. The van der Waals surface area contributed by atoms with Crippen LogP contribution in [0.2, 0.25) is 0 Å². The summed E-state index contributed by atoms with van der Waals surface area (Å²) >= 11 is 0. The summed E-state index contributed by atoms with van der Waals surface area (Å²) in [5.74, 6) is 0.732. The molecule has 0 aliphatic carbocycles. The number of aryl methyl sites for hydroxylation is 1. The van der Waals surface area contributed by atoms with Gasteiger partial charge in [0, 0.05) is 26.1 Å². The van der Waals surface area contributed by atoms with Crippen LogP contribution in [0.1, 0.15) is 24.3 Å². The number of oxazole rings is 1. The molecule has 1 aromatic carbocycles. The molecule has 0 amide bonds. The summed E-state index contributed by atoms with van der Waals surface area (Å²) in [7, 11) is 2.18. The Hall–Kier alpha value is -1.39. The molecule has 19 heavy (non-hydrogen) atoms. The zero-order chi connectivity index (χ0) is 13.2. The van der Waals surface area contributed by atoms with Gasteiger partial charge in [0.05, 0.1) is 0 Å². The van der Waals surface area contributed by atoms with Gasteiger partial charge in [0.15, 0.2) is 11.5 Å². The van der Waals surface area contributed by atoms with Gasteiger partial charge in [0.1, 0.15) is 5.52 Å². The summed E-state index contributed by atoms with van der Waals surface area (Å²) in [6.45, 7) is 5.11. The molecule has 0 bridgehead atoms. The van der Waals surface area contributed by atoms with Crippen molar-refractivity contribution in [2.75, 3.05) is 20.1 Å². The molecule has 1 aliphatic rings. The minimum Gasteiger partial charge on any atom is -0.441 e. The minimum absolute atomic E-state index is 0.654. The van der Waals surface area contributed by atoms with Crippen molar-refractivity contribution in [2.24, 2.45) is 0 Å². The molecule has 1 aromatic heterocycles. The molecule has 0 radical (unpaired) electrons. The highest BCUT2D eigenvalue weighted by molar-refractivity contribution is 5.73. The smallest absolute Gasteiger partial charge is 0.192 e. The highest BCUT2D eigenvalue weighted by Gasteiger charge is 2.16. The van der Waals surface area contributed by atoms with E-state index in [2.05, 4.69) is 34.4 Å². The van der Waals surface area contributed by atoms with E-state index in [0.29, 0.717) is 6.04 Å². The van der Waals surface area contributed by atoms with Crippen LogP contribution in [-0.2, 0) is 6.54 Å². The third-order valence-corrected chi connectivity index (χ3v) is 3.71. The van der Waals surface area contributed by atoms with Crippen LogP contribution < -0.4 is 5.32 Å². The van der Waals surface area contributed by atoms with E-state index >= 15 is 0 Å². The molecule has 3 rings (SSSR count). The van der Waals surface area contributed by atoms with E-state index in [4.69, 9.17) is 4.42 Å². The molecule has 1 atom stereocenters. The molecule has 0 spiro atoms. The Kier molecular flexibility index (Phi) is 3.53. The highest BCUT2D eigenvalue weighted by atomic mass is 16.3. The number of nitrogens with one attached hydrogen (secondary N) is 1.